The van der Waals surface area contributed by atoms with E-state index in [1.807, 2.05) is 0 Å². The van der Waals surface area contributed by atoms with Crippen molar-refractivity contribution in [3.8, 4) is 0 Å². The third-order valence-corrected chi connectivity index (χ3v) is 10.1. The van der Waals surface area contributed by atoms with Crippen molar-refractivity contribution < 1.29 is 14.9 Å². The van der Waals surface area contributed by atoms with Gasteiger partial charge in [-0.05, 0) is 67.3 Å². The SMILES string of the molecule is C=C1[C@H]2CC[C@@]3([C@@H]4C[C@H]5C6(CCC[C@@]5(C)CN(CCO)[C@@H]6O4)[C@H]3C2)[C@@H]1O. The van der Waals surface area contributed by atoms with Crippen LogP contribution in [0.5, 0.6) is 0 Å². The molecule has 2 spiro atoms. The lowest BCUT2D eigenvalue weighted by atomic mass is 9.32. The topological polar surface area (TPSA) is 52.9 Å². The van der Waals surface area contributed by atoms with Crippen LogP contribution in [0.3, 0.4) is 0 Å². The molecule has 2 N–H and O–H groups in total. The van der Waals surface area contributed by atoms with Crippen molar-refractivity contribution in [2.24, 2.45) is 34.0 Å². The highest BCUT2D eigenvalue weighted by atomic mass is 16.5. The van der Waals surface area contributed by atoms with Crippen molar-refractivity contribution >= 4 is 0 Å². The molecule has 7 bridgehead atoms. The van der Waals surface area contributed by atoms with E-state index < -0.39 is 0 Å². The molecule has 0 amide bonds. The number of rotatable bonds is 2. The lowest BCUT2D eigenvalue weighted by Gasteiger charge is -2.79. The van der Waals surface area contributed by atoms with E-state index in [9.17, 15) is 10.2 Å². The molecule has 0 aromatic rings. The van der Waals surface area contributed by atoms with E-state index in [0.717, 1.165) is 37.4 Å². The number of likely N-dealkylation sites (tertiary alicyclic amines) is 1. The average Bonchev–Trinajstić information content (AvgIpc) is 2.63. The summed E-state index contributed by atoms with van der Waals surface area (Å²) in [7, 11) is 0. The van der Waals surface area contributed by atoms with Crippen molar-refractivity contribution in [2.75, 3.05) is 19.7 Å². The lowest BCUT2D eigenvalue weighted by molar-refractivity contribution is -0.405. The van der Waals surface area contributed by atoms with Crippen LogP contribution >= 0.6 is 0 Å². The van der Waals surface area contributed by atoms with Gasteiger partial charge in [0.2, 0.25) is 0 Å². The number of piperidine rings is 1. The number of aliphatic hydroxyl groups excluding tert-OH is 2. The molecule has 0 aromatic heterocycles. The summed E-state index contributed by atoms with van der Waals surface area (Å²) in [4.78, 5) is 2.47. The summed E-state index contributed by atoms with van der Waals surface area (Å²) in [6.45, 7) is 8.80. The molecule has 8 rings (SSSR count). The van der Waals surface area contributed by atoms with Gasteiger partial charge in [-0.3, -0.25) is 4.90 Å². The minimum atomic E-state index is -0.373. The molecule has 26 heavy (non-hydrogen) atoms. The maximum absolute atomic E-state index is 11.3. The van der Waals surface area contributed by atoms with Gasteiger partial charge in [0.25, 0.3) is 0 Å². The standard InChI is InChI=1S/C22H33NO3/c1-13-14-4-7-22(18(13)25)16(10-14)21-6-3-5-20(2)12-23(8-9-24)19(21)26-17(22)11-15(20)21/h14-19,24-25H,1,3-12H2,2H3/t14-,15+,16+,17-,18+,19+,20-,21?,22+/m0/s1. The highest BCUT2D eigenvalue weighted by molar-refractivity contribution is 5.32. The normalized spacial score (nSPS) is 60.2. The fraction of sp³-hybridized carbons (Fsp3) is 0.909. The van der Waals surface area contributed by atoms with Crippen LogP contribution in [0.2, 0.25) is 0 Å². The highest BCUT2D eigenvalue weighted by Crippen LogP contribution is 2.78. The molecule has 0 aromatic carbocycles. The van der Waals surface area contributed by atoms with Gasteiger partial charge in [0, 0.05) is 23.9 Å². The first-order valence-electron chi connectivity index (χ1n) is 10.8. The van der Waals surface area contributed by atoms with Gasteiger partial charge in [0.1, 0.15) is 6.23 Å². The largest absolute Gasteiger partial charge is 0.395 e. The summed E-state index contributed by atoms with van der Waals surface area (Å²) in [6, 6.07) is 0. The molecular weight excluding hydrogens is 326 g/mol. The van der Waals surface area contributed by atoms with Gasteiger partial charge in [-0.2, -0.15) is 0 Å². The third-order valence-electron chi connectivity index (χ3n) is 10.1. The minimum Gasteiger partial charge on any atom is -0.395 e. The van der Waals surface area contributed by atoms with Crippen LogP contribution in [-0.4, -0.2) is 53.2 Å². The number of aliphatic hydroxyl groups is 2. The van der Waals surface area contributed by atoms with Gasteiger partial charge in [0.15, 0.2) is 0 Å². The molecule has 3 heterocycles. The molecule has 4 nitrogen and oxygen atoms in total. The van der Waals surface area contributed by atoms with E-state index in [1.54, 1.807) is 0 Å². The molecular formula is C22H33NO3. The Morgan fingerprint density at radius 1 is 1.19 bits per heavy atom. The van der Waals surface area contributed by atoms with E-state index in [0.29, 0.717) is 17.3 Å². The Morgan fingerprint density at radius 3 is 2.85 bits per heavy atom. The summed E-state index contributed by atoms with van der Waals surface area (Å²) >= 11 is 0. The Balaban J connectivity index is 1.53. The number of hydrogen-bond donors (Lipinski definition) is 2. The molecule has 8 aliphatic rings. The molecule has 3 aliphatic heterocycles. The number of hydrogen-bond acceptors (Lipinski definition) is 4. The first kappa shape index (κ1) is 16.5. The maximum atomic E-state index is 11.3. The summed E-state index contributed by atoms with van der Waals surface area (Å²) < 4.78 is 6.86. The van der Waals surface area contributed by atoms with Gasteiger partial charge in [-0.15, -0.1) is 0 Å². The third kappa shape index (κ3) is 1.57. The fourth-order valence-electron chi connectivity index (χ4n) is 9.30. The summed E-state index contributed by atoms with van der Waals surface area (Å²) in [5, 5.41) is 21.0. The number of fused-ring (bicyclic) bond motifs is 2. The molecule has 5 saturated carbocycles. The Hall–Kier alpha value is -0.420. The van der Waals surface area contributed by atoms with Crippen molar-refractivity contribution in [2.45, 2.75) is 70.3 Å². The fourth-order valence-corrected chi connectivity index (χ4v) is 9.30. The van der Waals surface area contributed by atoms with Crippen LogP contribution < -0.4 is 0 Å². The van der Waals surface area contributed by atoms with E-state index >= 15 is 0 Å². The Labute approximate surface area is 156 Å². The van der Waals surface area contributed by atoms with Gasteiger partial charge in [0.05, 0.1) is 18.8 Å². The van der Waals surface area contributed by atoms with Gasteiger partial charge in [-0.1, -0.05) is 19.9 Å². The molecule has 0 radical (unpaired) electrons. The molecule has 4 heteroatoms. The second-order valence-corrected chi connectivity index (χ2v) is 10.7. The van der Waals surface area contributed by atoms with Crippen molar-refractivity contribution in [3.63, 3.8) is 0 Å². The molecule has 1 unspecified atom stereocenters. The van der Waals surface area contributed by atoms with Crippen LogP contribution in [0.25, 0.3) is 0 Å². The molecule has 8 fully saturated rings. The van der Waals surface area contributed by atoms with Crippen molar-refractivity contribution in [3.05, 3.63) is 12.2 Å². The Kier molecular flexibility index (Phi) is 3.14. The summed E-state index contributed by atoms with van der Waals surface area (Å²) in [5.41, 5.74) is 1.53. The average molecular weight is 360 g/mol. The lowest BCUT2D eigenvalue weighted by Crippen LogP contribution is -2.82. The van der Waals surface area contributed by atoms with Crippen LogP contribution in [0, 0.1) is 34.0 Å². The number of β-amino-alcohol motifs (C(OH)–C–C–N with tert-alkyl or cyclic N) is 1. The van der Waals surface area contributed by atoms with Crippen LogP contribution in [0.4, 0.5) is 0 Å². The highest BCUT2D eigenvalue weighted by Gasteiger charge is 2.78. The predicted octanol–water partition coefficient (Wildman–Crippen LogP) is 2.55. The quantitative estimate of drug-likeness (QED) is 0.744. The predicted molar refractivity (Wildman–Crippen MR) is 98.2 cm³/mol. The molecule has 3 saturated heterocycles. The minimum absolute atomic E-state index is 0.0840. The summed E-state index contributed by atoms with van der Waals surface area (Å²) in [5.74, 6) is 1.79. The zero-order chi connectivity index (χ0) is 17.9. The van der Waals surface area contributed by atoms with Crippen LogP contribution in [-0.2, 0) is 4.74 Å². The van der Waals surface area contributed by atoms with E-state index in [2.05, 4.69) is 18.4 Å². The van der Waals surface area contributed by atoms with E-state index in [1.165, 1.54) is 32.1 Å². The van der Waals surface area contributed by atoms with Crippen molar-refractivity contribution in [1.29, 1.82) is 0 Å². The molecule has 9 atom stereocenters. The van der Waals surface area contributed by atoms with Crippen LogP contribution in [0.15, 0.2) is 12.2 Å². The van der Waals surface area contributed by atoms with Crippen LogP contribution in [0.1, 0.15) is 51.9 Å². The van der Waals surface area contributed by atoms with Gasteiger partial charge in [-0.25, -0.2) is 0 Å². The first-order chi connectivity index (χ1) is 12.5. The zero-order valence-electron chi connectivity index (χ0n) is 16.0. The van der Waals surface area contributed by atoms with Crippen molar-refractivity contribution in [1.82, 2.24) is 4.90 Å². The zero-order valence-corrected chi connectivity index (χ0v) is 16.0. The smallest absolute Gasteiger partial charge is 0.117 e. The monoisotopic (exact) mass is 359 g/mol. The maximum Gasteiger partial charge on any atom is 0.117 e. The Morgan fingerprint density at radius 2 is 2.04 bits per heavy atom. The Bertz CT molecular complexity index is 666. The van der Waals surface area contributed by atoms with Gasteiger partial charge >= 0.3 is 0 Å². The van der Waals surface area contributed by atoms with E-state index in [4.69, 9.17) is 4.74 Å². The number of ether oxygens (including phenoxy) is 1. The summed E-state index contributed by atoms with van der Waals surface area (Å²) in [6.07, 6.45) is 8.43. The molecule has 5 aliphatic carbocycles. The first-order valence-corrected chi connectivity index (χ1v) is 10.8. The second-order valence-electron chi connectivity index (χ2n) is 10.7. The van der Waals surface area contributed by atoms with Gasteiger partial charge < -0.3 is 14.9 Å². The number of nitrogens with zero attached hydrogens (tertiary/aromatic N) is 1. The molecule has 144 valence electrons. The van der Waals surface area contributed by atoms with E-state index in [-0.39, 0.29) is 35.9 Å². The second kappa shape index (κ2) is 4.94.